The van der Waals surface area contributed by atoms with Gasteiger partial charge >= 0.3 is 5.97 Å². The Kier molecular flexibility index (Phi) is 2.66. The molecule has 0 spiro atoms. The van der Waals surface area contributed by atoms with E-state index >= 15 is 0 Å². The van der Waals surface area contributed by atoms with Crippen LogP contribution in [-0.4, -0.2) is 23.1 Å². The number of nitrogens with zero attached hydrogens (tertiary/aromatic N) is 1. The first kappa shape index (κ1) is 10.7. The molecular formula is C11H9ClN2O2. The Labute approximate surface area is 96.9 Å². The summed E-state index contributed by atoms with van der Waals surface area (Å²) in [6, 6.07) is 6.69. The van der Waals surface area contributed by atoms with Gasteiger partial charge in [-0.3, -0.25) is 0 Å². The highest BCUT2D eigenvalue weighted by Crippen LogP contribution is 2.25. The van der Waals surface area contributed by atoms with Crippen molar-refractivity contribution in [2.24, 2.45) is 0 Å². The molecule has 2 aromatic rings. The fourth-order valence-corrected chi connectivity index (χ4v) is 1.68. The Hall–Kier alpha value is -1.81. The maximum atomic E-state index is 10.9. The molecule has 0 saturated carbocycles. The van der Waals surface area contributed by atoms with Crippen LogP contribution in [0.5, 0.6) is 0 Å². The van der Waals surface area contributed by atoms with Crippen LogP contribution < -0.4 is 5.32 Å². The molecule has 0 aliphatic heterocycles. The summed E-state index contributed by atoms with van der Waals surface area (Å²) in [5.41, 5.74) is 1.29. The normalized spacial score (nSPS) is 10.4. The summed E-state index contributed by atoms with van der Waals surface area (Å²) >= 11 is 5.84. The van der Waals surface area contributed by atoms with Gasteiger partial charge in [0, 0.05) is 23.1 Å². The number of carbonyl (C=O) groups is 1. The summed E-state index contributed by atoms with van der Waals surface area (Å²) in [7, 11) is 1.73. The first-order valence-corrected chi connectivity index (χ1v) is 5.01. The largest absolute Gasteiger partial charge is 0.477 e. The molecule has 0 fully saturated rings. The molecule has 0 saturated heterocycles. The number of nitrogens with one attached hydrogen (secondary N) is 1. The van der Waals surface area contributed by atoms with Gasteiger partial charge in [-0.2, -0.15) is 0 Å². The molecular weight excluding hydrogens is 228 g/mol. The lowest BCUT2D eigenvalue weighted by atomic mass is 10.1. The quantitative estimate of drug-likeness (QED) is 0.842. The molecule has 1 aromatic heterocycles. The molecule has 5 heteroatoms. The zero-order chi connectivity index (χ0) is 11.7. The summed E-state index contributed by atoms with van der Waals surface area (Å²) in [5.74, 6) is -1.06. The van der Waals surface area contributed by atoms with Crippen molar-refractivity contribution in [3.8, 4) is 0 Å². The molecule has 0 bridgehead atoms. The van der Waals surface area contributed by atoms with Crippen LogP contribution in [0.2, 0.25) is 5.02 Å². The molecule has 4 nitrogen and oxygen atoms in total. The molecule has 0 aliphatic carbocycles. The summed E-state index contributed by atoms with van der Waals surface area (Å²) in [4.78, 5) is 14.9. The number of hydrogen-bond acceptors (Lipinski definition) is 3. The molecule has 2 rings (SSSR count). The van der Waals surface area contributed by atoms with Crippen LogP contribution in [0.15, 0.2) is 24.3 Å². The lowest BCUT2D eigenvalue weighted by Crippen LogP contribution is -2.02. The SMILES string of the molecule is CNc1cc(C(=O)O)nc2cc(Cl)ccc12. The van der Waals surface area contributed by atoms with Gasteiger partial charge in [0.2, 0.25) is 0 Å². The number of anilines is 1. The second-order valence-corrected chi connectivity index (χ2v) is 3.71. The van der Waals surface area contributed by atoms with Crippen molar-refractivity contribution in [1.82, 2.24) is 4.98 Å². The second kappa shape index (κ2) is 3.98. The van der Waals surface area contributed by atoms with E-state index in [-0.39, 0.29) is 5.69 Å². The first-order chi connectivity index (χ1) is 7.61. The van der Waals surface area contributed by atoms with Crippen molar-refractivity contribution < 1.29 is 9.90 Å². The minimum Gasteiger partial charge on any atom is -0.477 e. The second-order valence-electron chi connectivity index (χ2n) is 3.27. The molecule has 0 aliphatic rings. The third-order valence-electron chi connectivity index (χ3n) is 2.26. The number of fused-ring (bicyclic) bond motifs is 1. The number of aromatic nitrogens is 1. The van der Waals surface area contributed by atoms with Gasteiger partial charge in [-0.25, -0.2) is 9.78 Å². The van der Waals surface area contributed by atoms with Crippen LogP contribution in [0.4, 0.5) is 5.69 Å². The van der Waals surface area contributed by atoms with Gasteiger partial charge in [0.15, 0.2) is 5.69 Å². The summed E-state index contributed by atoms with van der Waals surface area (Å²) in [6.45, 7) is 0. The van der Waals surface area contributed by atoms with E-state index in [0.29, 0.717) is 10.5 Å². The maximum absolute atomic E-state index is 10.9. The fraction of sp³-hybridized carbons (Fsp3) is 0.0909. The predicted molar refractivity (Wildman–Crippen MR) is 63.3 cm³/mol. The van der Waals surface area contributed by atoms with Gasteiger partial charge in [-0.1, -0.05) is 11.6 Å². The molecule has 0 radical (unpaired) electrons. The molecule has 82 valence electrons. The van der Waals surface area contributed by atoms with E-state index in [1.165, 1.54) is 6.07 Å². The van der Waals surface area contributed by atoms with E-state index < -0.39 is 5.97 Å². The minimum atomic E-state index is -1.06. The Morgan fingerprint density at radius 2 is 2.19 bits per heavy atom. The fourth-order valence-electron chi connectivity index (χ4n) is 1.52. The topological polar surface area (TPSA) is 62.2 Å². The lowest BCUT2D eigenvalue weighted by Gasteiger charge is -2.07. The molecule has 2 N–H and O–H groups in total. The van der Waals surface area contributed by atoms with E-state index in [0.717, 1.165) is 11.1 Å². The standard InChI is InChI=1S/C11H9ClN2O2/c1-13-8-5-10(11(15)16)14-9-4-6(12)2-3-7(8)9/h2-5H,1H3,(H,13,14)(H,15,16). The number of carboxylic acids is 1. The highest BCUT2D eigenvalue weighted by Gasteiger charge is 2.10. The van der Waals surface area contributed by atoms with Gasteiger partial charge < -0.3 is 10.4 Å². The van der Waals surface area contributed by atoms with E-state index in [1.807, 2.05) is 6.07 Å². The van der Waals surface area contributed by atoms with E-state index in [9.17, 15) is 4.79 Å². The van der Waals surface area contributed by atoms with E-state index in [4.69, 9.17) is 16.7 Å². The summed E-state index contributed by atoms with van der Waals surface area (Å²) < 4.78 is 0. The molecule has 1 aromatic carbocycles. The number of rotatable bonds is 2. The molecule has 0 atom stereocenters. The number of halogens is 1. The van der Waals surface area contributed by atoms with Crippen LogP contribution in [0, 0.1) is 0 Å². The van der Waals surface area contributed by atoms with Gasteiger partial charge in [-0.05, 0) is 24.3 Å². The van der Waals surface area contributed by atoms with E-state index in [1.54, 1.807) is 19.2 Å². The summed E-state index contributed by atoms with van der Waals surface area (Å²) in [6.07, 6.45) is 0. The van der Waals surface area contributed by atoms with Crippen molar-refractivity contribution in [1.29, 1.82) is 0 Å². The third-order valence-corrected chi connectivity index (χ3v) is 2.50. The number of pyridine rings is 1. The zero-order valence-corrected chi connectivity index (χ0v) is 9.25. The Bertz CT molecular complexity index is 569. The van der Waals surface area contributed by atoms with Crippen LogP contribution in [0.25, 0.3) is 10.9 Å². The molecule has 1 heterocycles. The number of benzene rings is 1. The molecule has 0 unspecified atom stereocenters. The number of aromatic carboxylic acids is 1. The maximum Gasteiger partial charge on any atom is 0.354 e. The monoisotopic (exact) mass is 236 g/mol. The predicted octanol–water partition coefficient (Wildman–Crippen LogP) is 2.63. The smallest absolute Gasteiger partial charge is 0.354 e. The molecule has 16 heavy (non-hydrogen) atoms. The Balaban J connectivity index is 2.78. The Morgan fingerprint density at radius 3 is 2.81 bits per heavy atom. The van der Waals surface area contributed by atoms with Crippen molar-refractivity contribution in [2.45, 2.75) is 0 Å². The molecule has 0 amide bonds. The minimum absolute atomic E-state index is 0.000818. The highest BCUT2D eigenvalue weighted by molar-refractivity contribution is 6.31. The van der Waals surface area contributed by atoms with Crippen LogP contribution in [-0.2, 0) is 0 Å². The third kappa shape index (κ3) is 1.79. The van der Waals surface area contributed by atoms with Crippen LogP contribution >= 0.6 is 11.6 Å². The number of hydrogen-bond donors (Lipinski definition) is 2. The van der Waals surface area contributed by atoms with Gasteiger partial charge in [0.05, 0.1) is 5.52 Å². The Morgan fingerprint density at radius 1 is 1.44 bits per heavy atom. The lowest BCUT2D eigenvalue weighted by molar-refractivity contribution is 0.0691. The van der Waals surface area contributed by atoms with Gasteiger partial charge in [-0.15, -0.1) is 0 Å². The van der Waals surface area contributed by atoms with Crippen molar-refractivity contribution in [2.75, 3.05) is 12.4 Å². The first-order valence-electron chi connectivity index (χ1n) is 4.63. The zero-order valence-electron chi connectivity index (χ0n) is 8.49. The van der Waals surface area contributed by atoms with Crippen LogP contribution in [0.3, 0.4) is 0 Å². The average molecular weight is 237 g/mol. The summed E-state index contributed by atoms with van der Waals surface area (Å²) in [5, 5.41) is 13.2. The average Bonchev–Trinajstić information content (AvgIpc) is 2.26. The van der Waals surface area contributed by atoms with Crippen molar-refractivity contribution in [3.63, 3.8) is 0 Å². The number of carboxylic acid groups (broad SMARTS) is 1. The van der Waals surface area contributed by atoms with Crippen molar-refractivity contribution >= 4 is 34.2 Å². The van der Waals surface area contributed by atoms with Gasteiger partial charge in [0.1, 0.15) is 0 Å². The van der Waals surface area contributed by atoms with Crippen molar-refractivity contribution in [3.05, 3.63) is 35.0 Å². The van der Waals surface area contributed by atoms with Crippen LogP contribution in [0.1, 0.15) is 10.5 Å². The highest BCUT2D eigenvalue weighted by atomic mass is 35.5. The van der Waals surface area contributed by atoms with Gasteiger partial charge in [0.25, 0.3) is 0 Å². The van der Waals surface area contributed by atoms with E-state index in [2.05, 4.69) is 10.3 Å².